The van der Waals surface area contributed by atoms with Crippen LogP contribution in [0.1, 0.15) is 25.2 Å². The molecule has 2 N–H and O–H groups in total. The third-order valence-corrected chi connectivity index (χ3v) is 4.69. The van der Waals surface area contributed by atoms with Crippen LogP contribution in [-0.4, -0.2) is 36.2 Å². The highest BCUT2D eigenvalue weighted by Crippen LogP contribution is 2.24. The van der Waals surface area contributed by atoms with Crippen molar-refractivity contribution in [3.8, 4) is 11.5 Å². The maximum absolute atomic E-state index is 12.4. The molecule has 0 aliphatic rings. The highest BCUT2D eigenvalue weighted by Gasteiger charge is 2.18. The number of para-hydroxylation sites is 1. The van der Waals surface area contributed by atoms with Gasteiger partial charge >= 0.3 is 0 Å². The molecule has 0 radical (unpaired) electrons. The van der Waals surface area contributed by atoms with Gasteiger partial charge in [0.2, 0.25) is 10.0 Å². The molecule has 1 aromatic heterocycles. The molecule has 2 aromatic carbocycles. The fourth-order valence-electron chi connectivity index (χ4n) is 2.38. The summed E-state index contributed by atoms with van der Waals surface area (Å²) < 4.78 is 10.5. The van der Waals surface area contributed by atoms with E-state index in [4.69, 9.17) is 9.47 Å². The van der Waals surface area contributed by atoms with Gasteiger partial charge in [-0.05, 0) is 30.3 Å². The van der Waals surface area contributed by atoms with Crippen LogP contribution in [-0.2, 0) is 6.54 Å². The molecule has 0 saturated carbocycles. The van der Waals surface area contributed by atoms with E-state index in [1.165, 1.54) is 0 Å². The molecule has 0 saturated heterocycles. The number of benzene rings is 2. The Balaban J connectivity index is 1.64. The van der Waals surface area contributed by atoms with Crippen LogP contribution in [0.25, 0.3) is 0 Å². The molecule has 28 heavy (non-hydrogen) atoms. The van der Waals surface area contributed by atoms with Gasteiger partial charge in [0.1, 0.15) is 11.5 Å². The predicted octanol–water partition coefficient (Wildman–Crippen LogP) is 2.74. The summed E-state index contributed by atoms with van der Waals surface area (Å²) in [6.45, 7) is 0.213. The number of carbonyl (C=O) groups is 2. The van der Waals surface area contributed by atoms with Crippen molar-refractivity contribution in [1.82, 2.24) is 15.5 Å². The van der Waals surface area contributed by atoms with Crippen molar-refractivity contribution < 1.29 is 19.1 Å². The predicted molar refractivity (Wildman–Crippen MR) is 105 cm³/mol. The quantitative estimate of drug-likeness (QED) is 0.634. The number of hydrogen-bond acceptors (Lipinski definition) is 7. The standard InChI is InChI=1S/C19H18N4O4S/c1-26-14-8-9-15(27-2)12(10-14)11-20-16(24)18-22-23-19(28-18)17(25)21-13-6-4-3-5-7-13/h3-10H,11H2,1-2H3,(H,20,24)(H,21,25). The summed E-state index contributed by atoms with van der Waals surface area (Å²) in [7, 11) is 3.11. The second-order valence-electron chi connectivity index (χ2n) is 5.59. The molecule has 9 heteroatoms. The fraction of sp³-hybridized carbons (Fsp3) is 0.158. The summed E-state index contributed by atoms with van der Waals surface area (Å²) in [5, 5.41) is 13.3. The monoisotopic (exact) mass is 398 g/mol. The molecule has 3 rings (SSSR count). The number of methoxy groups -OCH3 is 2. The smallest absolute Gasteiger partial charge is 0.286 e. The van der Waals surface area contributed by atoms with Gasteiger partial charge in [0.15, 0.2) is 0 Å². The highest BCUT2D eigenvalue weighted by molar-refractivity contribution is 7.15. The van der Waals surface area contributed by atoms with Gasteiger partial charge in [-0.3, -0.25) is 9.59 Å². The minimum Gasteiger partial charge on any atom is -0.497 e. The van der Waals surface area contributed by atoms with Gasteiger partial charge in [-0.1, -0.05) is 29.5 Å². The van der Waals surface area contributed by atoms with E-state index in [0.717, 1.165) is 16.9 Å². The summed E-state index contributed by atoms with van der Waals surface area (Å²) in [4.78, 5) is 24.6. The number of rotatable bonds is 7. The molecular weight excluding hydrogens is 380 g/mol. The number of anilines is 1. The van der Waals surface area contributed by atoms with Crippen molar-refractivity contribution in [2.24, 2.45) is 0 Å². The van der Waals surface area contributed by atoms with Crippen molar-refractivity contribution in [2.45, 2.75) is 6.54 Å². The van der Waals surface area contributed by atoms with Gasteiger partial charge in [0, 0.05) is 17.8 Å². The summed E-state index contributed by atoms with van der Waals surface area (Å²) in [5.74, 6) is 0.431. The number of carbonyl (C=O) groups excluding carboxylic acids is 2. The van der Waals surface area contributed by atoms with Crippen LogP contribution in [0, 0.1) is 0 Å². The first-order chi connectivity index (χ1) is 13.6. The third-order valence-electron chi connectivity index (χ3n) is 3.77. The lowest BCUT2D eigenvalue weighted by Crippen LogP contribution is -2.23. The highest BCUT2D eigenvalue weighted by atomic mass is 32.1. The van der Waals surface area contributed by atoms with Crippen molar-refractivity contribution in [1.29, 1.82) is 0 Å². The molecule has 144 valence electrons. The zero-order valence-corrected chi connectivity index (χ0v) is 16.1. The van der Waals surface area contributed by atoms with E-state index in [1.54, 1.807) is 56.7 Å². The second-order valence-corrected chi connectivity index (χ2v) is 6.57. The number of nitrogens with zero attached hydrogens (tertiary/aromatic N) is 2. The lowest BCUT2D eigenvalue weighted by Gasteiger charge is -2.10. The minimum absolute atomic E-state index is 0.0973. The first-order valence-corrected chi connectivity index (χ1v) is 9.11. The van der Waals surface area contributed by atoms with Crippen LogP contribution in [0.3, 0.4) is 0 Å². The number of aromatic nitrogens is 2. The number of hydrogen-bond donors (Lipinski definition) is 2. The van der Waals surface area contributed by atoms with Crippen LogP contribution < -0.4 is 20.1 Å². The molecule has 1 heterocycles. The molecular formula is C19H18N4O4S. The molecule has 0 spiro atoms. The Morgan fingerprint density at radius 3 is 2.36 bits per heavy atom. The lowest BCUT2D eigenvalue weighted by atomic mass is 10.2. The van der Waals surface area contributed by atoms with Gasteiger partial charge in [-0.25, -0.2) is 0 Å². The number of amides is 2. The van der Waals surface area contributed by atoms with E-state index in [-0.39, 0.29) is 16.6 Å². The van der Waals surface area contributed by atoms with E-state index in [1.807, 2.05) is 6.07 Å². The topological polar surface area (TPSA) is 102 Å². The lowest BCUT2D eigenvalue weighted by molar-refractivity contribution is 0.0948. The Labute approximate surface area is 165 Å². The SMILES string of the molecule is COc1ccc(OC)c(CNC(=O)c2nnc(C(=O)Nc3ccccc3)s2)c1. The molecule has 0 bridgehead atoms. The second kappa shape index (κ2) is 8.96. The normalized spacial score (nSPS) is 10.2. The average molecular weight is 398 g/mol. The molecule has 0 fully saturated rings. The van der Waals surface area contributed by atoms with E-state index in [2.05, 4.69) is 20.8 Å². The summed E-state index contributed by atoms with van der Waals surface area (Å²) in [5.41, 5.74) is 1.39. The van der Waals surface area contributed by atoms with Crippen molar-refractivity contribution in [3.05, 3.63) is 64.1 Å². The molecule has 0 unspecified atom stereocenters. The Kier molecular flexibility index (Phi) is 6.18. The van der Waals surface area contributed by atoms with Crippen molar-refractivity contribution in [3.63, 3.8) is 0 Å². The summed E-state index contributed by atoms with van der Waals surface area (Å²) in [6, 6.07) is 14.3. The Morgan fingerprint density at radius 1 is 0.964 bits per heavy atom. The van der Waals surface area contributed by atoms with E-state index in [0.29, 0.717) is 17.2 Å². The van der Waals surface area contributed by atoms with Gasteiger partial charge in [0.05, 0.1) is 14.2 Å². The van der Waals surface area contributed by atoms with Crippen LogP contribution in [0.15, 0.2) is 48.5 Å². The number of nitrogens with one attached hydrogen (secondary N) is 2. The Hall–Kier alpha value is -3.46. The summed E-state index contributed by atoms with van der Waals surface area (Å²) >= 11 is 0.919. The maximum Gasteiger partial charge on any atom is 0.286 e. The largest absolute Gasteiger partial charge is 0.497 e. The van der Waals surface area contributed by atoms with Crippen LogP contribution >= 0.6 is 11.3 Å². The van der Waals surface area contributed by atoms with Crippen LogP contribution in [0.5, 0.6) is 11.5 Å². The van der Waals surface area contributed by atoms with E-state index in [9.17, 15) is 9.59 Å². The fourth-order valence-corrected chi connectivity index (χ4v) is 3.04. The zero-order valence-electron chi connectivity index (χ0n) is 15.3. The molecule has 3 aromatic rings. The number of ether oxygens (including phenoxy) is 2. The zero-order chi connectivity index (χ0) is 19.9. The van der Waals surface area contributed by atoms with Crippen molar-refractivity contribution in [2.75, 3.05) is 19.5 Å². The van der Waals surface area contributed by atoms with Gasteiger partial charge in [-0.15, -0.1) is 10.2 Å². The van der Waals surface area contributed by atoms with Gasteiger partial charge < -0.3 is 20.1 Å². The first kappa shape index (κ1) is 19.3. The van der Waals surface area contributed by atoms with Crippen molar-refractivity contribution >= 4 is 28.8 Å². The molecule has 2 amide bonds. The molecule has 0 aliphatic carbocycles. The molecule has 8 nitrogen and oxygen atoms in total. The van der Waals surface area contributed by atoms with E-state index < -0.39 is 11.8 Å². The maximum atomic E-state index is 12.4. The minimum atomic E-state index is -0.430. The molecule has 0 aliphatic heterocycles. The first-order valence-electron chi connectivity index (χ1n) is 8.29. The Bertz CT molecular complexity index is 975. The van der Waals surface area contributed by atoms with Gasteiger partial charge in [-0.2, -0.15) is 0 Å². The summed E-state index contributed by atoms with van der Waals surface area (Å²) in [6.07, 6.45) is 0. The Morgan fingerprint density at radius 2 is 1.68 bits per heavy atom. The van der Waals surface area contributed by atoms with Crippen LogP contribution in [0.2, 0.25) is 0 Å². The molecule has 0 atom stereocenters. The van der Waals surface area contributed by atoms with E-state index >= 15 is 0 Å². The van der Waals surface area contributed by atoms with Gasteiger partial charge in [0.25, 0.3) is 11.8 Å². The van der Waals surface area contributed by atoms with Crippen LogP contribution in [0.4, 0.5) is 5.69 Å². The average Bonchev–Trinajstić information content (AvgIpc) is 3.23. The third kappa shape index (κ3) is 4.63.